The lowest BCUT2D eigenvalue weighted by Crippen LogP contribution is -2.11. The van der Waals surface area contributed by atoms with Crippen LogP contribution in [0, 0.1) is 11.3 Å². The molecule has 0 amide bonds. The number of thiazole rings is 1. The molecule has 0 radical (unpaired) electrons. The zero-order valence-electron chi connectivity index (χ0n) is 15.5. The van der Waals surface area contributed by atoms with Crippen LogP contribution in [0.4, 0.5) is 0 Å². The summed E-state index contributed by atoms with van der Waals surface area (Å²) < 4.78 is 28.6. The standard InChI is InChI=1S/C22H15N3O3S2/c23-13-17(22-25-20(14-29-22)15-4-2-1-3-5-15)12-18-8-11-21(28-18)16-6-9-19(10-7-16)30(24,26)27/h1-12,14H,(H2,24,26,27). The Kier molecular flexibility index (Phi) is 5.33. The Morgan fingerprint density at radius 1 is 1.03 bits per heavy atom. The van der Waals surface area contributed by atoms with Gasteiger partial charge in [0.05, 0.1) is 16.2 Å². The minimum atomic E-state index is -3.75. The highest BCUT2D eigenvalue weighted by Crippen LogP contribution is 2.29. The fourth-order valence-electron chi connectivity index (χ4n) is 2.82. The van der Waals surface area contributed by atoms with Gasteiger partial charge in [-0.1, -0.05) is 30.3 Å². The Morgan fingerprint density at radius 3 is 2.43 bits per heavy atom. The zero-order valence-corrected chi connectivity index (χ0v) is 17.2. The van der Waals surface area contributed by atoms with Gasteiger partial charge in [0, 0.05) is 22.6 Å². The summed E-state index contributed by atoms with van der Waals surface area (Å²) in [7, 11) is -3.75. The number of rotatable bonds is 5. The van der Waals surface area contributed by atoms with E-state index in [1.165, 1.54) is 23.5 Å². The molecule has 0 bridgehead atoms. The number of nitrogens with two attached hydrogens (primary N) is 1. The summed E-state index contributed by atoms with van der Waals surface area (Å²) in [5.41, 5.74) is 2.89. The average Bonchev–Trinajstić information content (AvgIpc) is 3.42. The molecule has 30 heavy (non-hydrogen) atoms. The van der Waals surface area contributed by atoms with Gasteiger partial charge in [-0.3, -0.25) is 0 Å². The molecule has 0 aliphatic rings. The van der Waals surface area contributed by atoms with Crippen molar-refractivity contribution in [1.82, 2.24) is 4.98 Å². The van der Waals surface area contributed by atoms with Crippen molar-refractivity contribution < 1.29 is 12.8 Å². The molecule has 4 rings (SSSR count). The van der Waals surface area contributed by atoms with Gasteiger partial charge >= 0.3 is 0 Å². The van der Waals surface area contributed by atoms with Crippen molar-refractivity contribution in [2.24, 2.45) is 5.14 Å². The Morgan fingerprint density at radius 2 is 1.77 bits per heavy atom. The first-order valence-electron chi connectivity index (χ1n) is 8.80. The molecule has 2 N–H and O–H groups in total. The normalized spacial score (nSPS) is 11.9. The molecule has 8 heteroatoms. The van der Waals surface area contributed by atoms with Crippen LogP contribution < -0.4 is 5.14 Å². The molecule has 0 spiro atoms. The smallest absolute Gasteiger partial charge is 0.238 e. The number of primary sulfonamides is 1. The quantitative estimate of drug-likeness (QED) is 0.455. The van der Waals surface area contributed by atoms with E-state index in [1.54, 1.807) is 30.3 Å². The number of nitriles is 1. The van der Waals surface area contributed by atoms with Crippen LogP contribution >= 0.6 is 11.3 Å². The Bertz CT molecular complexity index is 1360. The largest absolute Gasteiger partial charge is 0.457 e. The molecule has 0 aliphatic carbocycles. The third-order valence-corrected chi connectivity index (χ3v) is 6.11. The molecule has 6 nitrogen and oxygen atoms in total. The molecule has 0 aliphatic heterocycles. The third-order valence-electron chi connectivity index (χ3n) is 4.31. The number of hydrogen-bond donors (Lipinski definition) is 1. The fraction of sp³-hybridized carbons (Fsp3) is 0. The van der Waals surface area contributed by atoms with E-state index in [0.29, 0.717) is 27.7 Å². The zero-order chi connectivity index (χ0) is 21.1. The van der Waals surface area contributed by atoms with Gasteiger partial charge in [-0.05, 0) is 36.4 Å². The van der Waals surface area contributed by atoms with Gasteiger partial charge in [-0.2, -0.15) is 5.26 Å². The third kappa shape index (κ3) is 4.23. The second-order valence-electron chi connectivity index (χ2n) is 6.35. The summed E-state index contributed by atoms with van der Waals surface area (Å²) in [4.78, 5) is 4.59. The van der Waals surface area contributed by atoms with Crippen LogP contribution in [-0.2, 0) is 10.0 Å². The first-order valence-corrected chi connectivity index (χ1v) is 11.2. The van der Waals surface area contributed by atoms with E-state index in [2.05, 4.69) is 11.1 Å². The first-order chi connectivity index (χ1) is 14.4. The minimum absolute atomic E-state index is 0.0303. The molecule has 0 atom stereocenters. The molecular formula is C22H15N3O3S2. The first kappa shape index (κ1) is 19.8. The molecule has 2 aromatic heterocycles. The van der Waals surface area contributed by atoms with Crippen molar-refractivity contribution in [3.63, 3.8) is 0 Å². The van der Waals surface area contributed by atoms with E-state index in [4.69, 9.17) is 9.56 Å². The van der Waals surface area contributed by atoms with Crippen LogP contribution in [0.15, 0.2) is 81.4 Å². The van der Waals surface area contributed by atoms with Gasteiger partial charge in [0.2, 0.25) is 10.0 Å². The number of benzene rings is 2. The van der Waals surface area contributed by atoms with Crippen molar-refractivity contribution in [1.29, 1.82) is 5.26 Å². The van der Waals surface area contributed by atoms with Gasteiger partial charge in [0.1, 0.15) is 22.6 Å². The van der Waals surface area contributed by atoms with E-state index < -0.39 is 10.0 Å². The van der Waals surface area contributed by atoms with Gasteiger partial charge in [-0.25, -0.2) is 18.5 Å². The molecule has 2 heterocycles. The summed E-state index contributed by atoms with van der Waals surface area (Å²) in [6, 6.07) is 21.5. The van der Waals surface area contributed by atoms with Crippen LogP contribution in [-0.4, -0.2) is 13.4 Å². The monoisotopic (exact) mass is 433 g/mol. The van der Waals surface area contributed by atoms with Crippen LogP contribution in [0.1, 0.15) is 10.8 Å². The average molecular weight is 434 g/mol. The van der Waals surface area contributed by atoms with Gasteiger partial charge < -0.3 is 4.42 Å². The lowest BCUT2D eigenvalue weighted by atomic mass is 10.2. The molecule has 0 saturated heterocycles. The van der Waals surface area contributed by atoms with Gasteiger partial charge in [-0.15, -0.1) is 11.3 Å². The van der Waals surface area contributed by atoms with Gasteiger partial charge in [0.15, 0.2) is 0 Å². The van der Waals surface area contributed by atoms with Crippen molar-refractivity contribution in [3.05, 3.63) is 82.9 Å². The fourth-order valence-corrected chi connectivity index (χ4v) is 4.13. The number of allylic oxidation sites excluding steroid dienone is 1. The van der Waals surface area contributed by atoms with Crippen LogP contribution in [0.2, 0.25) is 0 Å². The van der Waals surface area contributed by atoms with E-state index in [1.807, 2.05) is 35.7 Å². The molecule has 0 unspecified atom stereocenters. The summed E-state index contributed by atoms with van der Waals surface area (Å²) in [6.45, 7) is 0. The number of furan rings is 1. The minimum Gasteiger partial charge on any atom is -0.457 e. The van der Waals surface area contributed by atoms with Crippen LogP contribution in [0.3, 0.4) is 0 Å². The Labute approximate surface area is 177 Å². The highest BCUT2D eigenvalue weighted by Gasteiger charge is 2.12. The Hall–Kier alpha value is -3.51. The number of aromatic nitrogens is 1. The summed E-state index contributed by atoms with van der Waals surface area (Å²) in [5.74, 6) is 1.04. The predicted octanol–water partition coefficient (Wildman–Crippen LogP) is 4.78. The van der Waals surface area contributed by atoms with E-state index in [9.17, 15) is 13.7 Å². The summed E-state index contributed by atoms with van der Waals surface area (Å²) in [5, 5.41) is 17.2. The highest BCUT2D eigenvalue weighted by atomic mass is 32.2. The van der Waals surface area contributed by atoms with E-state index in [0.717, 1.165) is 11.3 Å². The SMILES string of the molecule is N#CC(=Cc1ccc(-c2ccc(S(N)(=O)=O)cc2)o1)c1nc(-c2ccccc2)cs1. The molecular weight excluding hydrogens is 418 g/mol. The number of sulfonamides is 1. The maximum atomic E-state index is 11.4. The molecule has 148 valence electrons. The number of hydrogen-bond acceptors (Lipinski definition) is 6. The second-order valence-corrected chi connectivity index (χ2v) is 8.76. The Balaban J connectivity index is 1.60. The molecule has 2 aromatic carbocycles. The van der Waals surface area contributed by atoms with Crippen molar-refractivity contribution in [3.8, 4) is 28.7 Å². The lowest BCUT2D eigenvalue weighted by molar-refractivity contribution is 0.571. The number of nitrogens with zero attached hydrogens (tertiary/aromatic N) is 2. The maximum Gasteiger partial charge on any atom is 0.238 e. The molecule has 0 fully saturated rings. The summed E-state index contributed by atoms with van der Waals surface area (Å²) >= 11 is 1.39. The molecule has 4 aromatic rings. The topological polar surface area (TPSA) is 110 Å². The molecule has 0 saturated carbocycles. The van der Waals surface area contributed by atoms with E-state index in [-0.39, 0.29) is 4.90 Å². The van der Waals surface area contributed by atoms with Crippen molar-refractivity contribution in [2.75, 3.05) is 0 Å². The van der Waals surface area contributed by atoms with Crippen LogP contribution in [0.25, 0.3) is 34.2 Å². The predicted molar refractivity (Wildman–Crippen MR) is 117 cm³/mol. The lowest BCUT2D eigenvalue weighted by Gasteiger charge is -2.00. The highest BCUT2D eigenvalue weighted by molar-refractivity contribution is 7.89. The van der Waals surface area contributed by atoms with Gasteiger partial charge in [0.25, 0.3) is 0 Å². The van der Waals surface area contributed by atoms with Crippen LogP contribution in [0.5, 0.6) is 0 Å². The maximum absolute atomic E-state index is 11.4. The van der Waals surface area contributed by atoms with E-state index >= 15 is 0 Å². The second kappa shape index (κ2) is 8.08. The van der Waals surface area contributed by atoms with Crippen molar-refractivity contribution >= 4 is 33.0 Å². The van der Waals surface area contributed by atoms with Crippen molar-refractivity contribution in [2.45, 2.75) is 4.90 Å². The summed E-state index contributed by atoms with van der Waals surface area (Å²) in [6.07, 6.45) is 1.63.